The van der Waals surface area contributed by atoms with Crippen molar-refractivity contribution in [1.29, 1.82) is 0 Å². The van der Waals surface area contributed by atoms with Crippen LogP contribution in [0.1, 0.15) is 48.1 Å². The monoisotopic (exact) mass is 434 g/mol. The molecule has 2 atom stereocenters. The van der Waals surface area contributed by atoms with E-state index in [0.29, 0.717) is 18.6 Å². The summed E-state index contributed by atoms with van der Waals surface area (Å²) in [7, 11) is 1.63. The first-order valence-electron chi connectivity index (χ1n) is 10.8. The van der Waals surface area contributed by atoms with E-state index in [1.165, 1.54) is 0 Å². The van der Waals surface area contributed by atoms with E-state index < -0.39 is 17.0 Å². The van der Waals surface area contributed by atoms with Crippen LogP contribution in [-0.2, 0) is 16.6 Å². The van der Waals surface area contributed by atoms with Gasteiger partial charge in [0.25, 0.3) is 0 Å². The molecule has 168 valence electrons. The molecule has 0 bridgehead atoms. The molecular weight excluding hydrogens is 404 g/mol. The van der Waals surface area contributed by atoms with Crippen LogP contribution >= 0.6 is 0 Å². The van der Waals surface area contributed by atoms with E-state index in [1.54, 1.807) is 14.0 Å². The lowest BCUT2D eigenvalue weighted by Crippen LogP contribution is -2.44. The summed E-state index contributed by atoms with van der Waals surface area (Å²) in [5.41, 5.74) is 2.36. The van der Waals surface area contributed by atoms with Gasteiger partial charge in [0.2, 0.25) is 0 Å². The summed E-state index contributed by atoms with van der Waals surface area (Å²) in [6.07, 6.45) is 0.848. The van der Waals surface area contributed by atoms with Gasteiger partial charge in [-0.25, -0.2) is 0 Å². The van der Waals surface area contributed by atoms with Crippen LogP contribution < -0.4 is 9.47 Å². The Labute approximate surface area is 188 Å². The number of phenolic OH excluding ortho intramolecular Hbond substituents is 1. The van der Waals surface area contributed by atoms with Crippen molar-refractivity contribution in [2.45, 2.75) is 58.5 Å². The SMILES string of the molecule is COc1ccc2cc(C(C)(CC3(C)Cc4c(C)c(O)c(C)c(C)c4O3)C(=O)O)ccc2c1. The Morgan fingerprint density at radius 1 is 1.09 bits per heavy atom. The minimum atomic E-state index is -1.15. The fraction of sp³-hybridized carbons (Fsp3) is 0.370. The van der Waals surface area contributed by atoms with Crippen molar-refractivity contribution in [1.82, 2.24) is 0 Å². The van der Waals surface area contributed by atoms with Crippen LogP contribution in [0.2, 0.25) is 0 Å². The molecule has 0 saturated carbocycles. The van der Waals surface area contributed by atoms with E-state index in [9.17, 15) is 15.0 Å². The zero-order chi connectivity index (χ0) is 23.4. The number of fused-ring (bicyclic) bond motifs is 2. The Hall–Kier alpha value is -3.21. The highest BCUT2D eigenvalue weighted by Crippen LogP contribution is 2.48. The third kappa shape index (κ3) is 3.36. The maximum atomic E-state index is 12.6. The number of ether oxygens (including phenoxy) is 2. The molecule has 1 aliphatic heterocycles. The molecule has 0 radical (unpaired) electrons. The lowest BCUT2D eigenvalue weighted by molar-refractivity contribution is -0.145. The fourth-order valence-electron chi connectivity index (χ4n) is 5.02. The molecule has 0 fully saturated rings. The topological polar surface area (TPSA) is 76.0 Å². The van der Waals surface area contributed by atoms with E-state index in [-0.39, 0.29) is 0 Å². The standard InChI is InChI=1S/C27H30O5/c1-15-16(2)24-22(17(3)23(15)28)13-26(4,32-24)14-27(5,25(29)30)20-9-7-19-12-21(31-6)10-8-18(19)11-20/h7-12,28H,13-14H2,1-6H3,(H,29,30). The van der Waals surface area contributed by atoms with Gasteiger partial charge in [0.1, 0.15) is 22.8 Å². The average molecular weight is 435 g/mol. The van der Waals surface area contributed by atoms with Crippen LogP contribution in [0.5, 0.6) is 17.2 Å². The van der Waals surface area contributed by atoms with E-state index >= 15 is 0 Å². The second kappa shape index (κ2) is 7.44. The van der Waals surface area contributed by atoms with Crippen LogP contribution in [0.4, 0.5) is 0 Å². The van der Waals surface area contributed by atoms with E-state index in [4.69, 9.17) is 9.47 Å². The van der Waals surface area contributed by atoms with Crippen LogP contribution in [0.3, 0.4) is 0 Å². The van der Waals surface area contributed by atoms with Gasteiger partial charge in [-0.15, -0.1) is 0 Å². The zero-order valence-corrected chi connectivity index (χ0v) is 19.5. The molecule has 4 rings (SSSR count). The van der Waals surface area contributed by atoms with E-state index in [0.717, 1.165) is 50.1 Å². The molecule has 5 heteroatoms. The number of benzene rings is 3. The Balaban J connectivity index is 1.73. The van der Waals surface area contributed by atoms with E-state index in [1.807, 2.05) is 64.1 Å². The van der Waals surface area contributed by atoms with E-state index in [2.05, 4.69) is 0 Å². The number of aromatic hydroxyl groups is 1. The first kappa shape index (κ1) is 22.0. The molecule has 2 N–H and O–H groups in total. The predicted octanol–water partition coefficient (Wildman–Crippen LogP) is 5.61. The number of phenols is 1. The molecule has 5 nitrogen and oxygen atoms in total. The second-order valence-electron chi connectivity index (χ2n) is 9.50. The zero-order valence-electron chi connectivity index (χ0n) is 19.5. The summed E-state index contributed by atoms with van der Waals surface area (Å²) in [6.45, 7) is 9.44. The van der Waals surface area contributed by atoms with Gasteiger partial charge in [0.05, 0.1) is 12.5 Å². The second-order valence-corrected chi connectivity index (χ2v) is 9.50. The summed E-state index contributed by atoms with van der Waals surface area (Å²) in [6, 6.07) is 11.5. The first-order chi connectivity index (χ1) is 15.0. The van der Waals surface area contributed by atoms with Crippen LogP contribution in [0.15, 0.2) is 36.4 Å². The van der Waals surface area contributed by atoms with Crippen molar-refractivity contribution in [3.8, 4) is 17.2 Å². The highest BCUT2D eigenvalue weighted by molar-refractivity contribution is 5.88. The number of carbonyl (C=O) groups is 1. The summed E-state index contributed by atoms with van der Waals surface area (Å²) in [5, 5.41) is 22.8. The number of aliphatic carboxylic acids is 1. The maximum Gasteiger partial charge on any atom is 0.313 e. The van der Waals surface area contributed by atoms with Gasteiger partial charge in [0, 0.05) is 18.4 Å². The molecule has 3 aromatic carbocycles. The largest absolute Gasteiger partial charge is 0.507 e. The fourth-order valence-corrected chi connectivity index (χ4v) is 5.02. The maximum absolute atomic E-state index is 12.6. The Kier molecular flexibility index (Phi) is 5.11. The molecule has 1 heterocycles. The molecule has 0 aliphatic carbocycles. The van der Waals surface area contributed by atoms with Crippen molar-refractivity contribution in [2.75, 3.05) is 7.11 Å². The van der Waals surface area contributed by atoms with Crippen molar-refractivity contribution >= 4 is 16.7 Å². The Morgan fingerprint density at radius 3 is 2.41 bits per heavy atom. The van der Waals surface area contributed by atoms with Crippen LogP contribution in [0, 0.1) is 20.8 Å². The molecule has 2 unspecified atom stereocenters. The smallest absolute Gasteiger partial charge is 0.313 e. The van der Waals surface area contributed by atoms with Crippen LogP contribution in [-0.4, -0.2) is 28.9 Å². The van der Waals surface area contributed by atoms with Gasteiger partial charge in [-0.1, -0.05) is 24.3 Å². The summed E-state index contributed by atoms with van der Waals surface area (Å²) >= 11 is 0. The Morgan fingerprint density at radius 2 is 1.75 bits per heavy atom. The van der Waals surface area contributed by atoms with Gasteiger partial charge in [0.15, 0.2) is 0 Å². The normalized spacial score (nSPS) is 19.3. The molecule has 0 saturated heterocycles. The molecule has 1 aliphatic rings. The number of rotatable bonds is 5. The van der Waals surface area contributed by atoms with Crippen molar-refractivity contribution < 1.29 is 24.5 Å². The van der Waals surface area contributed by atoms with Crippen LogP contribution in [0.25, 0.3) is 10.8 Å². The van der Waals surface area contributed by atoms with Gasteiger partial charge >= 0.3 is 5.97 Å². The van der Waals surface area contributed by atoms with Gasteiger partial charge in [-0.05, 0) is 79.8 Å². The molecule has 32 heavy (non-hydrogen) atoms. The molecule has 0 aromatic heterocycles. The average Bonchev–Trinajstić information content (AvgIpc) is 3.12. The predicted molar refractivity (Wildman–Crippen MR) is 125 cm³/mol. The molecule has 3 aromatic rings. The van der Waals surface area contributed by atoms with Gasteiger partial charge in [-0.3, -0.25) is 4.79 Å². The van der Waals surface area contributed by atoms with Gasteiger partial charge in [-0.2, -0.15) is 0 Å². The summed E-state index contributed by atoms with van der Waals surface area (Å²) in [4.78, 5) is 12.6. The minimum Gasteiger partial charge on any atom is -0.507 e. The van der Waals surface area contributed by atoms with Gasteiger partial charge < -0.3 is 19.7 Å². The number of carboxylic acids is 1. The number of carboxylic acid groups (broad SMARTS) is 1. The number of hydrogen-bond donors (Lipinski definition) is 2. The lowest BCUT2D eigenvalue weighted by Gasteiger charge is -2.34. The quantitative estimate of drug-likeness (QED) is 0.546. The third-order valence-electron chi connectivity index (χ3n) is 7.12. The number of methoxy groups -OCH3 is 1. The lowest BCUT2D eigenvalue weighted by atomic mass is 9.72. The van der Waals surface area contributed by atoms with Crippen molar-refractivity contribution in [3.05, 3.63) is 64.2 Å². The molecular formula is C27H30O5. The Bertz CT molecular complexity index is 1210. The van der Waals surface area contributed by atoms with Crippen molar-refractivity contribution in [3.63, 3.8) is 0 Å². The highest BCUT2D eigenvalue weighted by Gasteiger charge is 2.47. The summed E-state index contributed by atoms with van der Waals surface area (Å²) in [5.74, 6) is 0.942. The highest BCUT2D eigenvalue weighted by atomic mass is 16.5. The first-order valence-corrected chi connectivity index (χ1v) is 10.8. The molecule has 0 spiro atoms. The third-order valence-corrected chi connectivity index (χ3v) is 7.12. The minimum absolute atomic E-state index is 0.292. The molecule has 0 amide bonds. The van der Waals surface area contributed by atoms with Crippen molar-refractivity contribution in [2.24, 2.45) is 0 Å². The number of hydrogen-bond acceptors (Lipinski definition) is 4. The summed E-state index contributed by atoms with van der Waals surface area (Å²) < 4.78 is 11.7.